The highest BCUT2D eigenvalue weighted by atomic mass is 32.2. The van der Waals surface area contributed by atoms with E-state index in [1.54, 1.807) is 0 Å². The van der Waals surface area contributed by atoms with Crippen molar-refractivity contribution in [1.29, 1.82) is 0 Å². The summed E-state index contributed by atoms with van der Waals surface area (Å²) in [5, 5.41) is 3.04. The summed E-state index contributed by atoms with van der Waals surface area (Å²) in [5.74, 6) is 0.142. The molecular weight excluding hydrogens is 324 g/mol. The number of nitrogens with one attached hydrogen (secondary N) is 1. The van der Waals surface area contributed by atoms with Crippen molar-refractivity contribution >= 4 is 15.9 Å². The summed E-state index contributed by atoms with van der Waals surface area (Å²) in [5.41, 5.74) is 1.28. The van der Waals surface area contributed by atoms with Crippen molar-refractivity contribution in [2.24, 2.45) is 11.8 Å². The average Bonchev–Trinajstić information content (AvgIpc) is 2.58. The van der Waals surface area contributed by atoms with Crippen LogP contribution in [0.15, 0.2) is 30.3 Å². The van der Waals surface area contributed by atoms with E-state index in [4.69, 9.17) is 0 Å². The topological polar surface area (TPSA) is 66.5 Å². The molecule has 2 rings (SSSR count). The molecule has 0 saturated carbocycles. The second-order valence-corrected chi connectivity index (χ2v) is 8.65. The van der Waals surface area contributed by atoms with E-state index in [2.05, 4.69) is 24.4 Å². The Morgan fingerprint density at radius 3 is 2.67 bits per heavy atom. The van der Waals surface area contributed by atoms with E-state index >= 15 is 0 Å². The molecule has 1 N–H and O–H groups in total. The van der Waals surface area contributed by atoms with Crippen LogP contribution < -0.4 is 5.32 Å². The van der Waals surface area contributed by atoms with Crippen LogP contribution in [0.1, 0.15) is 31.7 Å². The third-order valence-electron chi connectivity index (χ3n) is 4.73. The first kappa shape index (κ1) is 18.9. The first-order valence-corrected chi connectivity index (χ1v) is 10.5. The predicted molar refractivity (Wildman–Crippen MR) is 96.1 cm³/mol. The van der Waals surface area contributed by atoms with Crippen molar-refractivity contribution in [3.05, 3.63) is 35.9 Å². The lowest BCUT2D eigenvalue weighted by Gasteiger charge is -2.30. The second kappa shape index (κ2) is 8.62. The van der Waals surface area contributed by atoms with Crippen molar-refractivity contribution in [1.82, 2.24) is 9.62 Å². The Morgan fingerprint density at radius 2 is 2.04 bits per heavy atom. The molecule has 1 aromatic carbocycles. The highest BCUT2D eigenvalue weighted by Gasteiger charge is 2.30. The molecule has 1 aliphatic rings. The lowest BCUT2D eigenvalue weighted by molar-refractivity contribution is -0.126. The smallest absolute Gasteiger partial charge is 0.224 e. The molecule has 1 amide bonds. The lowest BCUT2D eigenvalue weighted by Crippen LogP contribution is -2.45. The SMILES string of the molecule is CC[C@@H](CNC(=O)[C@@H]1CCCN(S(C)(=O)=O)C1)Cc1ccccc1. The highest BCUT2D eigenvalue weighted by Crippen LogP contribution is 2.19. The summed E-state index contributed by atoms with van der Waals surface area (Å²) in [4.78, 5) is 12.4. The van der Waals surface area contributed by atoms with Crippen LogP contribution in [0.2, 0.25) is 0 Å². The maximum atomic E-state index is 12.4. The Bertz CT molecular complexity index is 631. The largest absolute Gasteiger partial charge is 0.356 e. The number of nitrogens with zero attached hydrogens (tertiary/aromatic N) is 1. The van der Waals surface area contributed by atoms with E-state index in [9.17, 15) is 13.2 Å². The van der Waals surface area contributed by atoms with Crippen LogP contribution >= 0.6 is 0 Å². The first-order chi connectivity index (χ1) is 11.4. The highest BCUT2D eigenvalue weighted by molar-refractivity contribution is 7.88. The van der Waals surface area contributed by atoms with Crippen molar-refractivity contribution in [3.63, 3.8) is 0 Å². The van der Waals surface area contributed by atoms with Gasteiger partial charge in [0.25, 0.3) is 0 Å². The minimum Gasteiger partial charge on any atom is -0.356 e. The normalized spacial score (nSPS) is 20.5. The number of rotatable bonds is 7. The van der Waals surface area contributed by atoms with Crippen LogP contribution in [0.3, 0.4) is 0 Å². The van der Waals surface area contributed by atoms with Gasteiger partial charge in [-0.15, -0.1) is 0 Å². The van der Waals surface area contributed by atoms with E-state index < -0.39 is 10.0 Å². The summed E-state index contributed by atoms with van der Waals surface area (Å²) in [6.45, 7) is 3.60. The van der Waals surface area contributed by atoms with Gasteiger partial charge in [-0.1, -0.05) is 43.7 Å². The van der Waals surface area contributed by atoms with Gasteiger partial charge >= 0.3 is 0 Å². The van der Waals surface area contributed by atoms with Gasteiger partial charge in [-0.2, -0.15) is 0 Å². The number of piperidine rings is 1. The van der Waals surface area contributed by atoms with E-state index in [1.165, 1.54) is 16.1 Å². The minimum atomic E-state index is -3.22. The summed E-state index contributed by atoms with van der Waals surface area (Å²) >= 11 is 0. The van der Waals surface area contributed by atoms with Gasteiger partial charge in [0.15, 0.2) is 0 Å². The molecule has 5 nitrogen and oxygen atoms in total. The third-order valence-corrected chi connectivity index (χ3v) is 6.00. The molecular formula is C18H28N2O3S. The molecule has 0 radical (unpaired) electrons. The van der Waals surface area contributed by atoms with Gasteiger partial charge in [-0.05, 0) is 30.7 Å². The number of benzene rings is 1. The van der Waals surface area contributed by atoms with E-state index in [0.29, 0.717) is 25.6 Å². The molecule has 0 unspecified atom stereocenters. The summed E-state index contributed by atoms with van der Waals surface area (Å²) in [6, 6.07) is 10.3. The van der Waals surface area contributed by atoms with Crippen LogP contribution in [0.4, 0.5) is 0 Å². The fourth-order valence-electron chi connectivity index (χ4n) is 3.16. The van der Waals surface area contributed by atoms with E-state index in [0.717, 1.165) is 25.7 Å². The van der Waals surface area contributed by atoms with Crippen molar-refractivity contribution in [2.75, 3.05) is 25.9 Å². The van der Waals surface area contributed by atoms with Gasteiger partial charge in [0.1, 0.15) is 0 Å². The third kappa shape index (κ3) is 5.60. The van der Waals surface area contributed by atoms with Gasteiger partial charge in [0.2, 0.25) is 15.9 Å². The van der Waals surface area contributed by atoms with Gasteiger partial charge in [-0.3, -0.25) is 4.79 Å². The Labute approximate surface area is 145 Å². The van der Waals surface area contributed by atoms with Crippen LogP contribution in [0.25, 0.3) is 0 Å². The zero-order chi connectivity index (χ0) is 17.6. The quantitative estimate of drug-likeness (QED) is 0.817. The minimum absolute atomic E-state index is 0.0186. The fourth-order valence-corrected chi connectivity index (χ4v) is 4.07. The predicted octanol–water partition coefficient (Wildman–Crippen LogP) is 2.04. The molecule has 1 saturated heterocycles. The van der Waals surface area contributed by atoms with Crippen LogP contribution in [-0.4, -0.2) is 44.5 Å². The number of hydrogen-bond donors (Lipinski definition) is 1. The number of sulfonamides is 1. The first-order valence-electron chi connectivity index (χ1n) is 8.67. The molecule has 0 spiro atoms. The molecule has 1 heterocycles. The number of carbonyl (C=O) groups is 1. The molecule has 1 fully saturated rings. The summed E-state index contributed by atoms with van der Waals surface area (Å²) in [7, 11) is -3.22. The van der Waals surface area contributed by atoms with Crippen LogP contribution in [0.5, 0.6) is 0 Å². The zero-order valence-electron chi connectivity index (χ0n) is 14.6. The molecule has 134 valence electrons. The second-order valence-electron chi connectivity index (χ2n) is 6.67. The molecule has 24 heavy (non-hydrogen) atoms. The summed E-state index contributed by atoms with van der Waals surface area (Å²) < 4.78 is 24.7. The van der Waals surface area contributed by atoms with Crippen LogP contribution in [-0.2, 0) is 21.2 Å². The fraction of sp³-hybridized carbons (Fsp3) is 0.611. The van der Waals surface area contributed by atoms with Gasteiger partial charge in [-0.25, -0.2) is 12.7 Å². The number of amides is 1. The van der Waals surface area contributed by atoms with Gasteiger partial charge in [0, 0.05) is 19.6 Å². The number of hydrogen-bond acceptors (Lipinski definition) is 3. The van der Waals surface area contributed by atoms with Crippen LogP contribution in [0, 0.1) is 11.8 Å². The van der Waals surface area contributed by atoms with E-state index in [1.807, 2.05) is 18.2 Å². The van der Waals surface area contributed by atoms with Gasteiger partial charge < -0.3 is 5.32 Å². The Balaban J connectivity index is 1.85. The van der Waals surface area contributed by atoms with Crippen molar-refractivity contribution < 1.29 is 13.2 Å². The van der Waals surface area contributed by atoms with Crippen molar-refractivity contribution in [3.8, 4) is 0 Å². The molecule has 6 heteroatoms. The standard InChI is InChI=1S/C18H28N2O3S/c1-3-15(12-16-8-5-4-6-9-16)13-19-18(21)17-10-7-11-20(14-17)24(2,22)23/h4-6,8-9,15,17H,3,7,10-14H2,1-2H3,(H,19,21)/t15-,17-/m1/s1. The summed E-state index contributed by atoms with van der Waals surface area (Å²) in [6.07, 6.45) is 4.65. The zero-order valence-corrected chi connectivity index (χ0v) is 15.4. The lowest BCUT2D eigenvalue weighted by atomic mass is 9.95. The molecule has 0 bridgehead atoms. The molecule has 0 aliphatic carbocycles. The Hall–Kier alpha value is -1.40. The molecule has 0 aromatic heterocycles. The average molecular weight is 353 g/mol. The Morgan fingerprint density at radius 1 is 1.33 bits per heavy atom. The number of carbonyl (C=O) groups excluding carboxylic acids is 1. The Kier molecular flexibility index (Phi) is 6.80. The molecule has 2 atom stereocenters. The van der Waals surface area contributed by atoms with E-state index in [-0.39, 0.29) is 11.8 Å². The van der Waals surface area contributed by atoms with Gasteiger partial charge in [0.05, 0.1) is 12.2 Å². The monoisotopic (exact) mass is 352 g/mol. The molecule has 1 aliphatic heterocycles. The molecule has 1 aromatic rings. The van der Waals surface area contributed by atoms with Crippen molar-refractivity contribution in [2.45, 2.75) is 32.6 Å². The maximum absolute atomic E-state index is 12.4. The maximum Gasteiger partial charge on any atom is 0.224 e.